The molecule has 3 rings (SSSR count). The number of carbonyl (C=O) groups excluding carboxylic acids is 1. The van der Waals surface area contributed by atoms with Gasteiger partial charge in [0.2, 0.25) is 0 Å². The molecular formula is C20H17F3N2O3S. The van der Waals surface area contributed by atoms with Crippen molar-refractivity contribution < 1.29 is 27.8 Å². The second-order valence-electron chi connectivity index (χ2n) is 6.01. The summed E-state index contributed by atoms with van der Waals surface area (Å²) < 4.78 is 43.6. The maximum absolute atomic E-state index is 12.6. The SMILES string of the molecule is O=C(NCCO)c1ccc(OCc2csc(-c3ccc(C(F)(F)F)cc3)n2)cc1. The topological polar surface area (TPSA) is 71.5 Å². The van der Waals surface area contributed by atoms with Crippen LogP contribution in [0.1, 0.15) is 21.6 Å². The summed E-state index contributed by atoms with van der Waals surface area (Å²) in [5.41, 5.74) is 1.00. The van der Waals surface area contributed by atoms with Crippen molar-refractivity contribution in [2.75, 3.05) is 13.2 Å². The summed E-state index contributed by atoms with van der Waals surface area (Å²) >= 11 is 1.32. The van der Waals surface area contributed by atoms with Gasteiger partial charge in [0.1, 0.15) is 17.4 Å². The standard InChI is InChI=1S/C20H17F3N2O3S/c21-20(22,23)15-5-1-14(2-6-15)19-25-16(12-29-19)11-28-17-7-3-13(4-8-17)18(27)24-9-10-26/h1-8,12,26H,9-11H2,(H,24,27). The Balaban J connectivity index is 1.58. The van der Waals surface area contributed by atoms with Crippen molar-refractivity contribution in [2.24, 2.45) is 0 Å². The molecule has 0 unspecified atom stereocenters. The minimum absolute atomic E-state index is 0.130. The number of aliphatic hydroxyl groups is 1. The van der Waals surface area contributed by atoms with E-state index in [9.17, 15) is 18.0 Å². The van der Waals surface area contributed by atoms with E-state index in [2.05, 4.69) is 10.3 Å². The molecule has 2 N–H and O–H groups in total. The molecular weight excluding hydrogens is 405 g/mol. The molecule has 0 atom stereocenters. The highest BCUT2D eigenvalue weighted by molar-refractivity contribution is 7.13. The number of hydrogen-bond donors (Lipinski definition) is 2. The molecule has 0 spiro atoms. The van der Waals surface area contributed by atoms with Crippen molar-refractivity contribution in [1.29, 1.82) is 0 Å². The average molecular weight is 422 g/mol. The normalized spacial score (nSPS) is 11.3. The van der Waals surface area contributed by atoms with Crippen LogP contribution in [0.4, 0.5) is 13.2 Å². The van der Waals surface area contributed by atoms with Gasteiger partial charge in [0.25, 0.3) is 5.91 Å². The van der Waals surface area contributed by atoms with Crippen LogP contribution in [-0.2, 0) is 12.8 Å². The lowest BCUT2D eigenvalue weighted by atomic mass is 10.1. The van der Waals surface area contributed by atoms with E-state index in [1.54, 1.807) is 29.6 Å². The number of hydrogen-bond acceptors (Lipinski definition) is 5. The molecule has 1 aromatic heterocycles. The molecule has 0 aliphatic heterocycles. The second kappa shape index (κ2) is 9.06. The van der Waals surface area contributed by atoms with Gasteiger partial charge in [0.05, 0.1) is 17.9 Å². The molecule has 1 amide bonds. The van der Waals surface area contributed by atoms with E-state index in [0.29, 0.717) is 27.6 Å². The molecule has 1 heterocycles. The van der Waals surface area contributed by atoms with Crippen LogP contribution in [0.5, 0.6) is 5.75 Å². The minimum atomic E-state index is -4.37. The third-order valence-electron chi connectivity index (χ3n) is 3.91. The number of rotatable bonds is 7. The van der Waals surface area contributed by atoms with Crippen LogP contribution in [0, 0.1) is 0 Å². The summed E-state index contributed by atoms with van der Waals surface area (Å²) in [5.74, 6) is 0.263. The molecule has 152 valence electrons. The molecule has 0 aliphatic rings. The third-order valence-corrected chi connectivity index (χ3v) is 4.85. The Kier molecular flexibility index (Phi) is 6.50. The molecule has 0 bridgehead atoms. The number of alkyl halides is 3. The molecule has 0 saturated carbocycles. The van der Waals surface area contributed by atoms with Crippen molar-refractivity contribution >= 4 is 17.2 Å². The Bertz CT molecular complexity index is 954. The fourth-order valence-electron chi connectivity index (χ4n) is 2.44. The van der Waals surface area contributed by atoms with Gasteiger partial charge in [-0.3, -0.25) is 4.79 Å². The van der Waals surface area contributed by atoms with Gasteiger partial charge in [-0.2, -0.15) is 13.2 Å². The number of halogens is 3. The maximum Gasteiger partial charge on any atom is 0.416 e. The summed E-state index contributed by atoms with van der Waals surface area (Å²) in [6.07, 6.45) is -4.37. The smallest absolute Gasteiger partial charge is 0.416 e. The van der Waals surface area contributed by atoms with Crippen molar-refractivity contribution in [3.05, 3.63) is 70.7 Å². The number of thiazole rings is 1. The number of aliphatic hydroxyl groups excluding tert-OH is 1. The van der Waals surface area contributed by atoms with E-state index >= 15 is 0 Å². The molecule has 0 fully saturated rings. The predicted octanol–water partition coefficient (Wildman–Crippen LogP) is 4.13. The lowest BCUT2D eigenvalue weighted by molar-refractivity contribution is -0.137. The highest BCUT2D eigenvalue weighted by Gasteiger charge is 2.30. The van der Waals surface area contributed by atoms with E-state index in [1.165, 1.54) is 23.5 Å². The number of nitrogens with one attached hydrogen (secondary N) is 1. The summed E-state index contributed by atoms with van der Waals surface area (Å²) in [6, 6.07) is 11.4. The number of carbonyl (C=O) groups is 1. The van der Waals surface area contributed by atoms with Crippen molar-refractivity contribution in [3.8, 4) is 16.3 Å². The Labute approximate surface area is 168 Å². The van der Waals surface area contributed by atoms with Crippen LogP contribution in [0.25, 0.3) is 10.6 Å². The van der Waals surface area contributed by atoms with E-state index in [-0.39, 0.29) is 25.7 Å². The molecule has 2 aromatic carbocycles. The molecule has 0 aliphatic carbocycles. The molecule has 5 nitrogen and oxygen atoms in total. The number of ether oxygens (including phenoxy) is 1. The van der Waals surface area contributed by atoms with Gasteiger partial charge in [0.15, 0.2) is 0 Å². The molecule has 0 radical (unpaired) electrons. The Hall–Kier alpha value is -2.91. The average Bonchev–Trinajstić information content (AvgIpc) is 3.19. The van der Waals surface area contributed by atoms with Crippen molar-refractivity contribution in [3.63, 3.8) is 0 Å². The molecule has 29 heavy (non-hydrogen) atoms. The zero-order valence-corrected chi connectivity index (χ0v) is 15.9. The quantitative estimate of drug-likeness (QED) is 0.601. The highest BCUT2D eigenvalue weighted by Crippen LogP contribution is 2.31. The van der Waals surface area contributed by atoms with Crippen LogP contribution < -0.4 is 10.1 Å². The number of aromatic nitrogens is 1. The van der Waals surface area contributed by atoms with Crippen molar-refractivity contribution in [2.45, 2.75) is 12.8 Å². The first-order chi connectivity index (χ1) is 13.9. The maximum atomic E-state index is 12.6. The minimum Gasteiger partial charge on any atom is -0.487 e. The summed E-state index contributed by atoms with van der Waals surface area (Å²) in [4.78, 5) is 16.2. The Morgan fingerprint density at radius 3 is 2.41 bits per heavy atom. The summed E-state index contributed by atoms with van der Waals surface area (Å²) in [5, 5.41) is 13.7. The first-order valence-electron chi connectivity index (χ1n) is 8.61. The zero-order valence-electron chi connectivity index (χ0n) is 15.1. The monoisotopic (exact) mass is 422 g/mol. The van der Waals surface area contributed by atoms with Gasteiger partial charge in [0, 0.05) is 23.1 Å². The van der Waals surface area contributed by atoms with Gasteiger partial charge >= 0.3 is 6.18 Å². The van der Waals surface area contributed by atoms with Gasteiger partial charge in [-0.1, -0.05) is 12.1 Å². The number of benzene rings is 2. The van der Waals surface area contributed by atoms with E-state index < -0.39 is 11.7 Å². The lowest BCUT2D eigenvalue weighted by Crippen LogP contribution is -2.26. The summed E-state index contributed by atoms with van der Waals surface area (Å²) in [6.45, 7) is 0.240. The molecule has 9 heteroatoms. The van der Waals surface area contributed by atoms with Crippen molar-refractivity contribution in [1.82, 2.24) is 10.3 Å². The Morgan fingerprint density at radius 2 is 1.79 bits per heavy atom. The number of amides is 1. The third kappa shape index (κ3) is 5.55. The Morgan fingerprint density at radius 1 is 1.10 bits per heavy atom. The zero-order chi connectivity index (χ0) is 20.9. The first kappa shape index (κ1) is 20.8. The fraction of sp³-hybridized carbons (Fsp3) is 0.200. The largest absolute Gasteiger partial charge is 0.487 e. The van der Waals surface area contributed by atoms with Crippen LogP contribution in [0.2, 0.25) is 0 Å². The van der Waals surface area contributed by atoms with Crippen LogP contribution in [0.3, 0.4) is 0 Å². The fourth-order valence-corrected chi connectivity index (χ4v) is 3.25. The lowest BCUT2D eigenvalue weighted by Gasteiger charge is -2.07. The summed E-state index contributed by atoms with van der Waals surface area (Å²) in [7, 11) is 0. The molecule has 3 aromatic rings. The van der Waals surface area contributed by atoms with Gasteiger partial charge in [-0.05, 0) is 36.4 Å². The van der Waals surface area contributed by atoms with E-state index in [1.807, 2.05) is 0 Å². The highest BCUT2D eigenvalue weighted by atomic mass is 32.1. The second-order valence-corrected chi connectivity index (χ2v) is 6.87. The van der Waals surface area contributed by atoms with E-state index in [0.717, 1.165) is 12.1 Å². The predicted molar refractivity (Wildman–Crippen MR) is 103 cm³/mol. The van der Waals surface area contributed by atoms with Crippen LogP contribution in [-0.4, -0.2) is 29.1 Å². The molecule has 0 saturated heterocycles. The van der Waals surface area contributed by atoms with Gasteiger partial charge in [-0.15, -0.1) is 11.3 Å². The van der Waals surface area contributed by atoms with Crippen LogP contribution >= 0.6 is 11.3 Å². The van der Waals surface area contributed by atoms with Gasteiger partial charge in [-0.25, -0.2) is 4.98 Å². The van der Waals surface area contributed by atoms with Gasteiger partial charge < -0.3 is 15.2 Å². The number of nitrogens with zero attached hydrogens (tertiary/aromatic N) is 1. The first-order valence-corrected chi connectivity index (χ1v) is 9.49. The van der Waals surface area contributed by atoms with E-state index in [4.69, 9.17) is 9.84 Å². The van der Waals surface area contributed by atoms with Crippen LogP contribution in [0.15, 0.2) is 53.9 Å².